The van der Waals surface area contributed by atoms with E-state index in [1.54, 1.807) is 6.20 Å². The van der Waals surface area contributed by atoms with Gasteiger partial charge in [-0.05, 0) is 59.0 Å². The van der Waals surface area contributed by atoms with E-state index in [0.717, 1.165) is 23.9 Å². The average molecular weight is 345 g/mol. The molecule has 1 fully saturated rings. The van der Waals surface area contributed by atoms with E-state index in [9.17, 15) is 4.79 Å². The van der Waals surface area contributed by atoms with E-state index >= 15 is 0 Å². The molecule has 1 aromatic heterocycles. The molecule has 1 saturated heterocycles. The van der Waals surface area contributed by atoms with Crippen molar-refractivity contribution in [3.63, 3.8) is 0 Å². The summed E-state index contributed by atoms with van der Waals surface area (Å²) in [6, 6.07) is 12.1. The van der Waals surface area contributed by atoms with E-state index in [1.165, 1.54) is 11.1 Å². The van der Waals surface area contributed by atoms with Crippen LogP contribution in [0.25, 0.3) is 0 Å². The Bertz CT molecular complexity index is 671. The first-order valence-corrected chi connectivity index (χ1v) is 7.95. The van der Waals surface area contributed by atoms with Crippen molar-refractivity contribution in [2.75, 3.05) is 6.54 Å². The van der Waals surface area contributed by atoms with Gasteiger partial charge in [0.1, 0.15) is 5.69 Å². The first-order chi connectivity index (χ1) is 10.2. The molecule has 0 saturated carbocycles. The Kier molecular flexibility index (Phi) is 4.06. The fourth-order valence-electron chi connectivity index (χ4n) is 2.97. The number of rotatable bonds is 2. The molecule has 0 N–H and O–H groups in total. The summed E-state index contributed by atoms with van der Waals surface area (Å²) in [5.74, 6) is 0.00762. The van der Waals surface area contributed by atoms with Gasteiger partial charge in [-0.1, -0.05) is 24.3 Å². The first-order valence-electron chi connectivity index (χ1n) is 7.15. The van der Waals surface area contributed by atoms with E-state index in [4.69, 9.17) is 0 Å². The zero-order valence-electron chi connectivity index (χ0n) is 11.9. The van der Waals surface area contributed by atoms with Crippen molar-refractivity contribution in [1.82, 2.24) is 9.88 Å². The topological polar surface area (TPSA) is 33.2 Å². The zero-order valence-corrected chi connectivity index (χ0v) is 13.5. The van der Waals surface area contributed by atoms with Crippen LogP contribution in [0.4, 0.5) is 0 Å². The molecule has 2 aromatic rings. The van der Waals surface area contributed by atoms with E-state index in [2.05, 4.69) is 40.0 Å². The molecular weight excluding hydrogens is 328 g/mol. The standard InChI is InChI=1S/C17H17BrN2O/c1-12-6-2-3-7-13(12)15-9-5-11-20(15)17(21)16-14(18)8-4-10-19-16/h2-4,6-8,10,15H,5,9,11H2,1H3. The van der Waals surface area contributed by atoms with Crippen LogP contribution in [-0.4, -0.2) is 22.3 Å². The summed E-state index contributed by atoms with van der Waals surface area (Å²) in [6.07, 6.45) is 3.72. The molecule has 1 aromatic carbocycles. The second-order valence-electron chi connectivity index (χ2n) is 5.35. The van der Waals surface area contributed by atoms with E-state index in [0.29, 0.717) is 5.69 Å². The lowest BCUT2D eigenvalue weighted by molar-refractivity contribution is 0.0728. The molecule has 1 atom stereocenters. The summed E-state index contributed by atoms with van der Waals surface area (Å²) in [5, 5.41) is 0. The smallest absolute Gasteiger partial charge is 0.274 e. The maximum absolute atomic E-state index is 12.8. The van der Waals surface area contributed by atoms with Gasteiger partial charge in [0.15, 0.2) is 0 Å². The Morgan fingerprint density at radius 3 is 2.86 bits per heavy atom. The van der Waals surface area contributed by atoms with Gasteiger partial charge in [0.25, 0.3) is 5.91 Å². The number of pyridine rings is 1. The molecule has 0 radical (unpaired) electrons. The summed E-state index contributed by atoms with van der Waals surface area (Å²) < 4.78 is 0.755. The molecule has 2 heterocycles. The van der Waals surface area contributed by atoms with Crippen molar-refractivity contribution in [3.05, 3.63) is 63.9 Å². The largest absolute Gasteiger partial charge is 0.330 e. The SMILES string of the molecule is Cc1ccccc1C1CCCN1C(=O)c1ncccc1Br. The summed E-state index contributed by atoms with van der Waals surface area (Å²) >= 11 is 3.42. The predicted octanol–water partition coefficient (Wildman–Crippen LogP) is 4.13. The van der Waals surface area contributed by atoms with Crippen LogP contribution in [-0.2, 0) is 0 Å². The maximum Gasteiger partial charge on any atom is 0.274 e. The summed E-state index contributed by atoms with van der Waals surface area (Å²) in [7, 11) is 0. The molecule has 3 nitrogen and oxygen atoms in total. The number of carbonyl (C=O) groups is 1. The van der Waals surface area contributed by atoms with Gasteiger partial charge in [-0.3, -0.25) is 4.79 Å². The molecule has 4 heteroatoms. The Labute approximate surface area is 133 Å². The second-order valence-corrected chi connectivity index (χ2v) is 6.20. The second kappa shape index (κ2) is 5.98. The van der Waals surface area contributed by atoms with Gasteiger partial charge in [0.05, 0.1) is 6.04 Å². The van der Waals surface area contributed by atoms with Gasteiger partial charge in [-0.2, -0.15) is 0 Å². The number of benzene rings is 1. The highest BCUT2D eigenvalue weighted by Gasteiger charge is 2.32. The average Bonchev–Trinajstić information content (AvgIpc) is 2.97. The fraction of sp³-hybridized carbons (Fsp3) is 0.294. The van der Waals surface area contributed by atoms with Crippen molar-refractivity contribution in [2.45, 2.75) is 25.8 Å². The monoisotopic (exact) mass is 344 g/mol. The fourth-order valence-corrected chi connectivity index (χ4v) is 3.40. The number of carbonyl (C=O) groups excluding carboxylic acids is 1. The van der Waals surface area contributed by atoms with Gasteiger partial charge >= 0.3 is 0 Å². The van der Waals surface area contributed by atoms with Crippen LogP contribution < -0.4 is 0 Å². The molecule has 1 unspecified atom stereocenters. The molecular formula is C17H17BrN2O. The number of aryl methyl sites for hydroxylation is 1. The van der Waals surface area contributed by atoms with Gasteiger partial charge in [-0.25, -0.2) is 4.98 Å². The predicted molar refractivity (Wildman–Crippen MR) is 86.1 cm³/mol. The van der Waals surface area contributed by atoms with Crippen LogP contribution in [0.5, 0.6) is 0 Å². The highest BCUT2D eigenvalue weighted by Crippen LogP contribution is 2.35. The Hall–Kier alpha value is -1.68. The number of halogens is 1. The Morgan fingerprint density at radius 1 is 1.29 bits per heavy atom. The van der Waals surface area contributed by atoms with Crippen molar-refractivity contribution in [1.29, 1.82) is 0 Å². The molecule has 0 aliphatic carbocycles. The minimum absolute atomic E-state index is 0.00762. The van der Waals surface area contributed by atoms with Crippen molar-refractivity contribution in [2.24, 2.45) is 0 Å². The van der Waals surface area contributed by atoms with Gasteiger partial charge in [0.2, 0.25) is 0 Å². The van der Waals surface area contributed by atoms with Crippen LogP contribution in [0.3, 0.4) is 0 Å². The number of nitrogens with zero attached hydrogens (tertiary/aromatic N) is 2. The van der Waals surface area contributed by atoms with Gasteiger partial charge in [0, 0.05) is 17.2 Å². The lowest BCUT2D eigenvalue weighted by Crippen LogP contribution is -2.31. The molecule has 1 aliphatic heterocycles. The number of hydrogen-bond acceptors (Lipinski definition) is 2. The van der Waals surface area contributed by atoms with Crippen LogP contribution in [0.15, 0.2) is 47.1 Å². The van der Waals surface area contributed by atoms with Crippen molar-refractivity contribution < 1.29 is 4.79 Å². The van der Waals surface area contributed by atoms with E-state index < -0.39 is 0 Å². The maximum atomic E-state index is 12.8. The molecule has 3 rings (SSSR count). The van der Waals surface area contributed by atoms with Crippen LogP contribution in [0.2, 0.25) is 0 Å². The molecule has 1 aliphatic rings. The van der Waals surface area contributed by atoms with Crippen LogP contribution >= 0.6 is 15.9 Å². The molecule has 0 bridgehead atoms. The summed E-state index contributed by atoms with van der Waals surface area (Å²) in [4.78, 5) is 19.0. The number of amides is 1. The zero-order chi connectivity index (χ0) is 14.8. The number of aromatic nitrogens is 1. The third kappa shape index (κ3) is 2.72. The molecule has 1 amide bonds. The highest BCUT2D eigenvalue weighted by molar-refractivity contribution is 9.10. The Morgan fingerprint density at radius 2 is 2.10 bits per heavy atom. The highest BCUT2D eigenvalue weighted by atomic mass is 79.9. The van der Waals surface area contributed by atoms with Gasteiger partial charge < -0.3 is 4.90 Å². The number of hydrogen-bond donors (Lipinski definition) is 0. The van der Waals surface area contributed by atoms with E-state index in [-0.39, 0.29) is 11.9 Å². The molecule has 21 heavy (non-hydrogen) atoms. The van der Waals surface area contributed by atoms with Crippen LogP contribution in [0, 0.1) is 6.92 Å². The minimum atomic E-state index is 0.00762. The summed E-state index contributed by atoms with van der Waals surface area (Å²) in [5.41, 5.74) is 2.98. The van der Waals surface area contributed by atoms with Gasteiger partial charge in [-0.15, -0.1) is 0 Å². The van der Waals surface area contributed by atoms with E-state index in [1.807, 2.05) is 29.2 Å². The third-order valence-corrected chi connectivity index (χ3v) is 4.66. The molecule has 0 spiro atoms. The first kappa shape index (κ1) is 14.3. The minimum Gasteiger partial charge on any atom is -0.330 e. The normalized spacial score (nSPS) is 18.0. The van der Waals surface area contributed by atoms with Crippen LogP contribution in [0.1, 0.15) is 40.5 Å². The lowest BCUT2D eigenvalue weighted by Gasteiger charge is -2.26. The van der Waals surface area contributed by atoms with Crippen molar-refractivity contribution >= 4 is 21.8 Å². The molecule has 108 valence electrons. The van der Waals surface area contributed by atoms with Crippen molar-refractivity contribution in [3.8, 4) is 0 Å². The lowest BCUT2D eigenvalue weighted by atomic mass is 9.99. The third-order valence-electron chi connectivity index (χ3n) is 4.02. The summed E-state index contributed by atoms with van der Waals surface area (Å²) in [6.45, 7) is 2.90. The quantitative estimate of drug-likeness (QED) is 0.820. The Balaban J connectivity index is 1.93. The number of likely N-dealkylation sites (tertiary alicyclic amines) is 1.